The average molecular weight is 365 g/mol. The molecule has 0 saturated carbocycles. The van der Waals surface area contributed by atoms with Gasteiger partial charge < -0.3 is 9.67 Å². The number of rotatable bonds is 3. The summed E-state index contributed by atoms with van der Waals surface area (Å²) < 4.78 is 15.3. The number of fused-ring (bicyclic) bond motifs is 1. The number of aliphatic carboxylic acids is 1. The number of amides is 1. The first-order valence-electron chi connectivity index (χ1n) is 6.79. The van der Waals surface area contributed by atoms with Crippen molar-refractivity contribution in [2.45, 2.75) is 6.54 Å². The van der Waals surface area contributed by atoms with E-state index < -0.39 is 17.7 Å². The Morgan fingerprint density at radius 2 is 2.04 bits per heavy atom. The third-order valence-electron chi connectivity index (χ3n) is 3.21. The summed E-state index contributed by atoms with van der Waals surface area (Å²) in [4.78, 5) is 27.6. The molecule has 5 nitrogen and oxygen atoms in total. The summed E-state index contributed by atoms with van der Waals surface area (Å²) in [6, 6.07) is 10.3. The molecule has 122 valence electrons. The Morgan fingerprint density at radius 3 is 2.75 bits per heavy atom. The summed E-state index contributed by atoms with van der Waals surface area (Å²) in [6.45, 7) is -0.382. The number of thiazole rings is 1. The number of carboxylic acid groups (broad SMARTS) is 1. The lowest BCUT2D eigenvalue weighted by Crippen LogP contribution is -2.21. The zero-order valence-electron chi connectivity index (χ0n) is 12.1. The predicted molar refractivity (Wildman–Crippen MR) is 88.8 cm³/mol. The van der Waals surface area contributed by atoms with E-state index in [2.05, 4.69) is 4.99 Å². The number of carbonyl (C=O) groups excluding carboxylic acids is 1. The molecule has 8 heteroatoms. The fraction of sp³-hybridized carbons (Fsp3) is 0.0625. The minimum Gasteiger partial charge on any atom is -0.480 e. The number of halogens is 2. The molecule has 0 aliphatic carbocycles. The lowest BCUT2D eigenvalue weighted by atomic mass is 10.2. The van der Waals surface area contributed by atoms with Crippen LogP contribution in [0, 0.1) is 5.82 Å². The normalized spacial score (nSPS) is 11.8. The Kier molecular flexibility index (Phi) is 4.46. The van der Waals surface area contributed by atoms with Crippen LogP contribution in [-0.2, 0) is 11.3 Å². The van der Waals surface area contributed by atoms with Gasteiger partial charge in [0.15, 0.2) is 4.80 Å². The molecule has 1 N–H and O–H groups in total. The van der Waals surface area contributed by atoms with Crippen LogP contribution in [0.25, 0.3) is 10.2 Å². The fourth-order valence-electron chi connectivity index (χ4n) is 2.19. The van der Waals surface area contributed by atoms with Crippen LogP contribution in [0.3, 0.4) is 0 Å². The second-order valence-electron chi connectivity index (χ2n) is 4.90. The lowest BCUT2D eigenvalue weighted by molar-refractivity contribution is -0.137. The van der Waals surface area contributed by atoms with Crippen molar-refractivity contribution in [1.29, 1.82) is 0 Å². The van der Waals surface area contributed by atoms with Gasteiger partial charge >= 0.3 is 5.97 Å². The van der Waals surface area contributed by atoms with Gasteiger partial charge in [0.25, 0.3) is 5.91 Å². The van der Waals surface area contributed by atoms with Gasteiger partial charge in [0.1, 0.15) is 12.4 Å². The molecular formula is C16H10ClFN2O3S. The number of nitrogens with zero attached hydrogens (tertiary/aromatic N) is 2. The molecular weight excluding hydrogens is 355 g/mol. The second-order valence-corrected chi connectivity index (χ2v) is 6.35. The molecule has 0 fully saturated rings. The maximum atomic E-state index is 13.4. The molecule has 3 rings (SSSR count). The minimum absolute atomic E-state index is 0.183. The van der Waals surface area contributed by atoms with Crippen LogP contribution in [0.4, 0.5) is 4.39 Å². The first-order chi connectivity index (χ1) is 11.4. The molecule has 0 bridgehead atoms. The third-order valence-corrected chi connectivity index (χ3v) is 4.48. The molecule has 24 heavy (non-hydrogen) atoms. The summed E-state index contributed by atoms with van der Waals surface area (Å²) in [5.74, 6) is -2.08. The van der Waals surface area contributed by atoms with Crippen LogP contribution >= 0.6 is 22.9 Å². The van der Waals surface area contributed by atoms with Crippen LogP contribution in [-0.4, -0.2) is 21.6 Å². The summed E-state index contributed by atoms with van der Waals surface area (Å²) >= 11 is 6.90. The summed E-state index contributed by atoms with van der Waals surface area (Å²) in [5.41, 5.74) is 0.787. The Morgan fingerprint density at radius 1 is 1.25 bits per heavy atom. The molecule has 1 amide bonds. The smallest absolute Gasteiger partial charge is 0.323 e. The van der Waals surface area contributed by atoms with E-state index in [4.69, 9.17) is 16.7 Å². The van der Waals surface area contributed by atoms with Gasteiger partial charge in [-0.1, -0.05) is 29.0 Å². The van der Waals surface area contributed by atoms with E-state index in [-0.39, 0.29) is 16.9 Å². The Labute approximate surface area is 144 Å². The second kappa shape index (κ2) is 6.54. The topological polar surface area (TPSA) is 71.7 Å². The van der Waals surface area contributed by atoms with Crippen molar-refractivity contribution >= 4 is 45.0 Å². The van der Waals surface area contributed by atoms with Crippen LogP contribution in [0.1, 0.15) is 10.4 Å². The van der Waals surface area contributed by atoms with Crippen LogP contribution < -0.4 is 4.80 Å². The summed E-state index contributed by atoms with van der Waals surface area (Å²) in [6.07, 6.45) is 0. The summed E-state index contributed by atoms with van der Waals surface area (Å²) in [5, 5.41) is 9.47. The van der Waals surface area contributed by atoms with Crippen molar-refractivity contribution in [3.05, 3.63) is 63.7 Å². The monoisotopic (exact) mass is 364 g/mol. The number of benzene rings is 2. The molecule has 3 aromatic rings. The number of aromatic nitrogens is 1. The highest BCUT2D eigenvalue weighted by atomic mass is 35.5. The van der Waals surface area contributed by atoms with Crippen molar-refractivity contribution in [3.63, 3.8) is 0 Å². The molecule has 2 aromatic carbocycles. The minimum atomic E-state index is -1.09. The number of hydrogen-bond donors (Lipinski definition) is 1. The van der Waals surface area contributed by atoms with Gasteiger partial charge in [-0.15, -0.1) is 0 Å². The van der Waals surface area contributed by atoms with E-state index in [0.717, 1.165) is 11.3 Å². The molecule has 0 aliphatic rings. The van der Waals surface area contributed by atoms with E-state index in [0.29, 0.717) is 15.2 Å². The van der Waals surface area contributed by atoms with Crippen molar-refractivity contribution in [3.8, 4) is 0 Å². The maximum Gasteiger partial charge on any atom is 0.323 e. The summed E-state index contributed by atoms with van der Waals surface area (Å²) in [7, 11) is 0. The number of carbonyl (C=O) groups is 2. The highest BCUT2D eigenvalue weighted by Crippen LogP contribution is 2.19. The molecule has 0 aliphatic heterocycles. The first-order valence-corrected chi connectivity index (χ1v) is 7.99. The van der Waals surface area contributed by atoms with E-state index in [1.807, 2.05) is 0 Å². The SMILES string of the molecule is O=C(O)Cn1c(=NC(=O)c2cccc(Cl)c2)sc2cc(F)ccc21. The number of hydrogen-bond acceptors (Lipinski definition) is 3. The Hall–Kier alpha value is -2.51. The van der Waals surface area contributed by atoms with E-state index in [1.165, 1.54) is 28.8 Å². The molecule has 0 atom stereocenters. The predicted octanol–water partition coefficient (Wildman–Crippen LogP) is 3.32. The van der Waals surface area contributed by atoms with Gasteiger partial charge in [0.05, 0.1) is 10.2 Å². The van der Waals surface area contributed by atoms with E-state index >= 15 is 0 Å². The maximum absolute atomic E-state index is 13.4. The molecule has 0 saturated heterocycles. The lowest BCUT2D eigenvalue weighted by Gasteiger charge is -2.01. The third kappa shape index (κ3) is 3.37. The molecule has 1 aromatic heterocycles. The molecule has 0 radical (unpaired) electrons. The quantitative estimate of drug-likeness (QED) is 0.775. The van der Waals surface area contributed by atoms with Crippen molar-refractivity contribution < 1.29 is 19.1 Å². The van der Waals surface area contributed by atoms with Gasteiger partial charge in [-0.3, -0.25) is 9.59 Å². The van der Waals surface area contributed by atoms with Gasteiger partial charge in [-0.05, 0) is 36.4 Å². The van der Waals surface area contributed by atoms with Crippen LogP contribution in [0.15, 0.2) is 47.5 Å². The van der Waals surface area contributed by atoms with Crippen molar-refractivity contribution in [1.82, 2.24) is 4.57 Å². The molecule has 0 unspecified atom stereocenters. The van der Waals surface area contributed by atoms with Crippen LogP contribution in [0.2, 0.25) is 5.02 Å². The zero-order valence-corrected chi connectivity index (χ0v) is 13.6. The van der Waals surface area contributed by atoms with Gasteiger partial charge in [-0.25, -0.2) is 4.39 Å². The van der Waals surface area contributed by atoms with Crippen molar-refractivity contribution in [2.24, 2.45) is 4.99 Å². The molecule has 0 spiro atoms. The largest absolute Gasteiger partial charge is 0.480 e. The van der Waals surface area contributed by atoms with Gasteiger partial charge in [0.2, 0.25) is 0 Å². The van der Waals surface area contributed by atoms with Gasteiger partial charge in [0, 0.05) is 10.6 Å². The zero-order chi connectivity index (χ0) is 17.3. The van der Waals surface area contributed by atoms with Crippen molar-refractivity contribution in [2.75, 3.05) is 0 Å². The Bertz CT molecular complexity index is 1030. The van der Waals surface area contributed by atoms with Crippen LogP contribution in [0.5, 0.6) is 0 Å². The molecule has 1 heterocycles. The highest BCUT2D eigenvalue weighted by molar-refractivity contribution is 7.16. The van der Waals surface area contributed by atoms with Gasteiger partial charge in [-0.2, -0.15) is 4.99 Å². The van der Waals surface area contributed by atoms with E-state index in [9.17, 15) is 14.0 Å². The first kappa shape index (κ1) is 16.4. The van der Waals surface area contributed by atoms with E-state index in [1.54, 1.807) is 18.2 Å². The number of carboxylic acids is 1. The average Bonchev–Trinajstić information content (AvgIpc) is 2.83. The Balaban J connectivity index is 2.16. The highest BCUT2D eigenvalue weighted by Gasteiger charge is 2.12. The fourth-order valence-corrected chi connectivity index (χ4v) is 3.44. The standard InChI is InChI=1S/C16H10ClFN2O3S/c17-10-3-1-2-9(6-10)15(23)19-16-20(8-14(21)22)12-5-4-11(18)7-13(12)24-16/h1-7H,8H2,(H,21,22).